The first-order valence-corrected chi connectivity index (χ1v) is 6.57. The van der Waals surface area contributed by atoms with E-state index in [0.717, 1.165) is 24.1 Å². The average molecular weight is 254 g/mol. The number of aryl methyl sites for hydroxylation is 1. The summed E-state index contributed by atoms with van der Waals surface area (Å²) in [6, 6.07) is 7.56. The standard InChI is InChI=1S/C15H18N4/c1-2-3-4-7-19-11-13(10-18-19)15-6-5-14(17)8-12(15)9-16/h5-6,8,10-11H,2-4,7,17H2,1H3. The lowest BCUT2D eigenvalue weighted by Crippen LogP contribution is -1.97. The van der Waals surface area contributed by atoms with Crippen LogP contribution >= 0.6 is 0 Å². The van der Waals surface area contributed by atoms with Crippen LogP contribution in [-0.4, -0.2) is 9.78 Å². The first kappa shape index (κ1) is 13.2. The van der Waals surface area contributed by atoms with E-state index in [-0.39, 0.29) is 0 Å². The fourth-order valence-electron chi connectivity index (χ4n) is 2.05. The number of nitrogen functional groups attached to an aromatic ring is 1. The van der Waals surface area contributed by atoms with Crippen molar-refractivity contribution in [2.24, 2.45) is 0 Å². The monoisotopic (exact) mass is 254 g/mol. The first-order chi connectivity index (χ1) is 9.24. The van der Waals surface area contributed by atoms with Gasteiger partial charge >= 0.3 is 0 Å². The minimum Gasteiger partial charge on any atom is -0.399 e. The summed E-state index contributed by atoms with van der Waals surface area (Å²) in [5, 5.41) is 13.5. The maximum Gasteiger partial charge on any atom is 0.0998 e. The van der Waals surface area contributed by atoms with Crippen LogP contribution in [0, 0.1) is 11.3 Å². The van der Waals surface area contributed by atoms with Crippen LogP contribution in [-0.2, 0) is 6.54 Å². The zero-order valence-corrected chi connectivity index (χ0v) is 11.1. The molecule has 0 aliphatic heterocycles. The predicted octanol–water partition coefficient (Wildman–Crippen LogP) is 3.19. The molecule has 2 rings (SSSR count). The van der Waals surface area contributed by atoms with E-state index in [9.17, 15) is 0 Å². The number of nitrogens with two attached hydrogens (primary N) is 1. The van der Waals surface area contributed by atoms with E-state index in [0.29, 0.717) is 11.3 Å². The van der Waals surface area contributed by atoms with Crippen molar-refractivity contribution >= 4 is 5.69 Å². The average Bonchev–Trinajstić information content (AvgIpc) is 2.87. The van der Waals surface area contributed by atoms with Crippen LogP contribution in [0.4, 0.5) is 5.69 Å². The van der Waals surface area contributed by atoms with Crippen LogP contribution in [0.15, 0.2) is 30.6 Å². The Morgan fingerprint density at radius 3 is 2.95 bits per heavy atom. The Balaban J connectivity index is 2.21. The molecule has 0 bridgehead atoms. The number of rotatable bonds is 5. The van der Waals surface area contributed by atoms with Crippen LogP contribution in [0.3, 0.4) is 0 Å². The molecule has 0 saturated carbocycles. The fourth-order valence-corrected chi connectivity index (χ4v) is 2.05. The number of anilines is 1. The van der Waals surface area contributed by atoms with Gasteiger partial charge in [-0.3, -0.25) is 4.68 Å². The normalized spacial score (nSPS) is 10.3. The number of nitriles is 1. The van der Waals surface area contributed by atoms with E-state index < -0.39 is 0 Å². The second-order valence-corrected chi connectivity index (χ2v) is 4.62. The summed E-state index contributed by atoms with van der Waals surface area (Å²) in [5.41, 5.74) is 8.75. The number of hydrogen-bond donors (Lipinski definition) is 1. The van der Waals surface area contributed by atoms with Gasteiger partial charge in [0.1, 0.15) is 0 Å². The van der Waals surface area contributed by atoms with E-state index in [2.05, 4.69) is 18.1 Å². The SMILES string of the molecule is CCCCCn1cc(-c2ccc(N)cc2C#N)cn1. The highest BCUT2D eigenvalue weighted by molar-refractivity contribution is 5.71. The van der Waals surface area contributed by atoms with Crippen molar-refractivity contribution in [1.29, 1.82) is 5.26 Å². The molecule has 0 aliphatic rings. The molecule has 1 aromatic carbocycles. The molecule has 1 aromatic heterocycles. The molecule has 0 amide bonds. The van der Waals surface area contributed by atoms with E-state index in [1.807, 2.05) is 23.0 Å². The summed E-state index contributed by atoms with van der Waals surface area (Å²) in [6.07, 6.45) is 7.33. The molecule has 0 radical (unpaired) electrons. The fraction of sp³-hybridized carbons (Fsp3) is 0.333. The molecular formula is C15H18N4. The van der Waals surface area contributed by atoms with Crippen LogP contribution in [0.1, 0.15) is 31.7 Å². The van der Waals surface area contributed by atoms with Gasteiger partial charge in [-0.1, -0.05) is 25.8 Å². The molecule has 0 fully saturated rings. The Morgan fingerprint density at radius 1 is 1.37 bits per heavy atom. The van der Waals surface area contributed by atoms with Crippen LogP contribution in [0.25, 0.3) is 11.1 Å². The highest BCUT2D eigenvalue weighted by atomic mass is 15.3. The van der Waals surface area contributed by atoms with Gasteiger partial charge in [-0.05, 0) is 18.6 Å². The Labute approximate surface area is 113 Å². The van der Waals surface area contributed by atoms with E-state index >= 15 is 0 Å². The highest BCUT2D eigenvalue weighted by Gasteiger charge is 2.07. The topological polar surface area (TPSA) is 67.6 Å². The van der Waals surface area contributed by atoms with Crippen molar-refractivity contribution in [2.45, 2.75) is 32.7 Å². The summed E-state index contributed by atoms with van der Waals surface area (Å²) in [4.78, 5) is 0. The van der Waals surface area contributed by atoms with Crippen molar-refractivity contribution < 1.29 is 0 Å². The Kier molecular flexibility index (Phi) is 4.19. The predicted molar refractivity (Wildman–Crippen MR) is 76.3 cm³/mol. The van der Waals surface area contributed by atoms with Gasteiger partial charge in [0.05, 0.1) is 17.8 Å². The van der Waals surface area contributed by atoms with Crippen LogP contribution < -0.4 is 5.73 Å². The molecule has 4 heteroatoms. The first-order valence-electron chi connectivity index (χ1n) is 6.57. The number of hydrogen-bond acceptors (Lipinski definition) is 3. The van der Waals surface area contributed by atoms with E-state index in [4.69, 9.17) is 11.0 Å². The van der Waals surface area contributed by atoms with Gasteiger partial charge in [-0.2, -0.15) is 10.4 Å². The Bertz CT molecular complexity index is 592. The molecule has 0 unspecified atom stereocenters. The van der Waals surface area contributed by atoms with Crippen molar-refractivity contribution in [2.75, 3.05) is 5.73 Å². The molecule has 2 aromatic rings. The summed E-state index contributed by atoms with van der Waals surface area (Å²) in [6.45, 7) is 3.10. The van der Waals surface area contributed by atoms with Gasteiger partial charge in [0.15, 0.2) is 0 Å². The second kappa shape index (κ2) is 6.05. The number of aromatic nitrogens is 2. The molecule has 2 N–H and O–H groups in total. The molecule has 4 nitrogen and oxygen atoms in total. The maximum atomic E-state index is 9.15. The van der Waals surface area contributed by atoms with Crippen LogP contribution in [0.2, 0.25) is 0 Å². The lowest BCUT2D eigenvalue weighted by atomic mass is 10.0. The quantitative estimate of drug-likeness (QED) is 0.658. The Morgan fingerprint density at radius 2 is 2.21 bits per heavy atom. The summed E-state index contributed by atoms with van der Waals surface area (Å²) in [5.74, 6) is 0. The number of benzene rings is 1. The van der Waals surface area contributed by atoms with Gasteiger partial charge in [-0.15, -0.1) is 0 Å². The van der Waals surface area contributed by atoms with E-state index in [1.165, 1.54) is 12.8 Å². The highest BCUT2D eigenvalue weighted by Crippen LogP contribution is 2.24. The molecule has 19 heavy (non-hydrogen) atoms. The lowest BCUT2D eigenvalue weighted by Gasteiger charge is -2.02. The van der Waals surface area contributed by atoms with Gasteiger partial charge in [0.25, 0.3) is 0 Å². The molecule has 0 spiro atoms. The Hall–Kier alpha value is -2.28. The van der Waals surface area contributed by atoms with Crippen molar-refractivity contribution in [1.82, 2.24) is 9.78 Å². The molecular weight excluding hydrogens is 236 g/mol. The summed E-state index contributed by atoms with van der Waals surface area (Å²) >= 11 is 0. The van der Waals surface area contributed by atoms with Crippen LogP contribution in [0.5, 0.6) is 0 Å². The van der Waals surface area contributed by atoms with Gasteiger partial charge in [0, 0.05) is 29.6 Å². The number of unbranched alkanes of at least 4 members (excludes halogenated alkanes) is 2. The number of nitrogens with zero attached hydrogens (tertiary/aromatic N) is 3. The molecule has 0 atom stereocenters. The summed E-state index contributed by atoms with van der Waals surface area (Å²) < 4.78 is 1.93. The summed E-state index contributed by atoms with van der Waals surface area (Å²) in [7, 11) is 0. The molecule has 1 heterocycles. The molecule has 0 aliphatic carbocycles. The van der Waals surface area contributed by atoms with Crippen molar-refractivity contribution in [3.05, 3.63) is 36.2 Å². The largest absolute Gasteiger partial charge is 0.399 e. The lowest BCUT2D eigenvalue weighted by molar-refractivity contribution is 0.553. The molecule has 0 saturated heterocycles. The van der Waals surface area contributed by atoms with E-state index in [1.54, 1.807) is 12.3 Å². The minimum atomic E-state index is 0.591. The second-order valence-electron chi connectivity index (χ2n) is 4.62. The van der Waals surface area contributed by atoms with Gasteiger partial charge < -0.3 is 5.73 Å². The molecule has 98 valence electrons. The zero-order valence-electron chi connectivity index (χ0n) is 11.1. The third-order valence-electron chi connectivity index (χ3n) is 3.10. The minimum absolute atomic E-state index is 0.591. The van der Waals surface area contributed by atoms with Crippen molar-refractivity contribution in [3.63, 3.8) is 0 Å². The third-order valence-corrected chi connectivity index (χ3v) is 3.10. The third kappa shape index (κ3) is 3.14. The zero-order chi connectivity index (χ0) is 13.7. The smallest absolute Gasteiger partial charge is 0.0998 e. The van der Waals surface area contributed by atoms with Crippen molar-refractivity contribution in [3.8, 4) is 17.2 Å². The maximum absolute atomic E-state index is 9.15. The van der Waals surface area contributed by atoms with Gasteiger partial charge in [0.2, 0.25) is 0 Å². The van der Waals surface area contributed by atoms with Gasteiger partial charge in [-0.25, -0.2) is 0 Å².